The Kier molecular flexibility index (Phi) is 4.34. The highest BCUT2D eigenvalue weighted by Crippen LogP contribution is 2.24. The van der Waals surface area contributed by atoms with E-state index < -0.39 is 5.82 Å². The first-order chi connectivity index (χ1) is 9.65. The van der Waals surface area contributed by atoms with Crippen LogP contribution in [0.2, 0.25) is 5.02 Å². The van der Waals surface area contributed by atoms with Gasteiger partial charge in [-0.25, -0.2) is 4.39 Å². The van der Waals surface area contributed by atoms with Crippen molar-refractivity contribution in [2.75, 3.05) is 0 Å². The van der Waals surface area contributed by atoms with Crippen molar-refractivity contribution < 1.29 is 13.9 Å². The van der Waals surface area contributed by atoms with E-state index in [-0.39, 0.29) is 17.9 Å². The number of para-hydroxylation sites is 1. The van der Waals surface area contributed by atoms with Gasteiger partial charge in [-0.3, -0.25) is 4.79 Å². The van der Waals surface area contributed by atoms with E-state index >= 15 is 0 Å². The first-order valence-corrected chi connectivity index (χ1v) is 6.08. The van der Waals surface area contributed by atoms with Crippen LogP contribution in [0.5, 0.6) is 5.75 Å². The maximum Gasteiger partial charge on any atom is 0.165 e. The summed E-state index contributed by atoms with van der Waals surface area (Å²) >= 11 is 5.99. The lowest BCUT2D eigenvalue weighted by Crippen LogP contribution is -2.01. The molecule has 0 bridgehead atoms. The van der Waals surface area contributed by atoms with Crippen LogP contribution in [0.25, 0.3) is 0 Å². The lowest BCUT2D eigenvalue weighted by molar-refractivity contribution is 0.111. The minimum atomic E-state index is -0.612. The van der Waals surface area contributed by atoms with Crippen molar-refractivity contribution in [3.8, 4) is 11.8 Å². The van der Waals surface area contributed by atoms with Crippen molar-refractivity contribution >= 4 is 17.9 Å². The molecule has 0 heterocycles. The van der Waals surface area contributed by atoms with Crippen molar-refractivity contribution in [3.05, 3.63) is 63.9 Å². The largest absolute Gasteiger partial charge is 0.485 e. The smallest absolute Gasteiger partial charge is 0.165 e. The topological polar surface area (TPSA) is 50.1 Å². The number of ether oxygens (including phenoxy) is 1. The van der Waals surface area contributed by atoms with E-state index in [2.05, 4.69) is 0 Å². The normalized spacial score (nSPS) is 9.85. The van der Waals surface area contributed by atoms with E-state index in [0.29, 0.717) is 22.4 Å². The second-order valence-corrected chi connectivity index (χ2v) is 4.39. The predicted octanol–water partition coefficient (Wildman–Crippen LogP) is 3.74. The maximum absolute atomic E-state index is 13.6. The van der Waals surface area contributed by atoms with Crippen LogP contribution < -0.4 is 4.74 Å². The molecule has 2 aromatic carbocycles. The van der Waals surface area contributed by atoms with Gasteiger partial charge in [-0.1, -0.05) is 23.7 Å². The van der Waals surface area contributed by atoms with Crippen LogP contribution in [0.15, 0.2) is 36.4 Å². The van der Waals surface area contributed by atoms with Gasteiger partial charge in [-0.05, 0) is 24.3 Å². The minimum Gasteiger partial charge on any atom is -0.485 e. The molecule has 0 unspecified atom stereocenters. The van der Waals surface area contributed by atoms with Crippen molar-refractivity contribution in [2.24, 2.45) is 0 Å². The number of hydrogen-bond donors (Lipinski definition) is 0. The Labute approximate surface area is 120 Å². The van der Waals surface area contributed by atoms with Gasteiger partial charge in [0.2, 0.25) is 0 Å². The molecule has 0 fully saturated rings. The van der Waals surface area contributed by atoms with E-state index in [1.807, 2.05) is 6.07 Å². The fraction of sp³-hybridized carbons (Fsp3) is 0.0667. The molecule has 0 aliphatic rings. The summed E-state index contributed by atoms with van der Waals surface area (Å²) in [5.74, 6) is -0.720. The molecule has 3 nitrogen and oxygen atoms in total. The minimum absolute atomic E-state index is 0.00627. The molecule has 0 radical (unpaired) electrons. The highest BCUT2D eigenvalue weighted by Gasteiger charge is 2.10. The summed E-state index contributed by atoms with van der Waals surface area (Å²) < 4.78 is 18.9. The van der Waals surface area contributed by atoms with Gasteiger partial charge in [0, 0.05) is 10.6 Å². The summed E-state index contributed by atoms with van der Waals surface area (Å²) in [6.45, 7) is 0.00627. The average molecular weight is 290 g/mol. The quantitative estimate of drug-likeness (QED) is 0.806. The van der Waals surface area contributed by atoms with Crippen LogP contribution in [-0.2, 0) is 6.61 Å². The van der Waals surface area contributed by atoms with Crippen LogP contribution in [0.1, 0.15) is 21.5 Å². The van der Waals surface area contributed by atoms with Crippen molar-refractivity contribution in [1.82, 2.24) is 0 Å². The highest BCUT2D eigenvalue weighted by molar-refractivity contribution is 6.31. The highest BCUT2D eigenvalue weighted by atomic mass is 35.5. The van der Waals surface area contributed by atoms with Gasteiger partial charge >= 0.3 is 0 Å². The summed E-state index contributed by atoms with van der Waals surface area (Å²) in [5.41, 5.74) is 1.17. The summed E-state index contributed by atoms with van der Waals surface area (Å²) in [4.78, 5) is 10.8. The molecule has 0 amide bonds. The van der Waals surface area contributed by atoms with Gasteiger partial charge in [-0.2, -0.15) is 5.26 Å². The number of nitriles is 1. The van der Waals surface area contributed by atoms with Gasteiger partial charge < -0.3 is 4.74 Å². The standard InChI is InChI=1S/C15H9ClFNO2/c16-13-6-10(7-18)4-5-12(13)9-20-15-11(8-19)2-1-3-14(15)17/h1-6,8H,9H2. The SMILES string of the molecule is N#Cc1ccc(COc2c(F)cccc2C=O)c(Cl)c1. The summed E-state index contributed by atoms with van der Waals surface area (Å²) in [7, 11) is 0. The number of carbonyl (C=O) groups is 1. The zero-order valence-corrected chi connectivity index (χ0v) is 11.0. The van der Waals surface area contributed by atoms with E-state index in [1.165, 1.54) is 24.3 Å². The zero-order valence-electron chi connectivity index (χ0n) is 10.3. The molecular formula is C15H9ClFNO2. The number of aldehydes is 1. The van der Waals surface area contributed by atoms with E-state index in [4.69, 9.17) is 21.6 Å². The fourth-order valence-corrected chi connectivity index (χ4v) is 1.89. The van der Waals surface area contributed by atoms with Gasteiger partial charge in [0.1, 0.15) is 6.61 Å². The van der Waals surface area contributed by atoms with Crippen molar-refractivity contribution in [2.45, 2.75) is 6.61 Å². The van der Waals surface area contributed by atoms with E-state index in [0.717, 1.165) is 0 Å². The Morgan fingerprint density at radius 3 is 2.80 bits per heavy atom. The monoisotopic (exact) mass is 289 g/mol. The lowest BCUT2D eigenvalue weighted by atomic mass is 10.1. The Bertz CT molecular complexity index is 695. The third-order valence-electron chi connectivity index (χ3n) is 2.68. The summed E-state index contributed by atoms with van der Waals surface area (Å²) in [6.07, 6.45) is 0.527. The predicted molar refractivity (Wildman–Crippen MR) is 72.3 cm³/mol. The molecule has 0 N–H and O–H groups in total. The fourth-order valence-electron chi connectivity index (χ4n) is 1.65. The molecule has 20 heavy (non-hydrogen) atoms. The van der Waals surface area contributed by atoms with Crippen molar-refractivity contribution in [1.29, 1.82) is 5.26 Å². The molecule has 0 aromatic heterocycles. The zero-order chi connectivity index (χ0) is 14.5. The Hall–Kier alpha value is -2.38. The second kappa shape index (κ2) is 6.18. The second-order valence-electron chi connectivity index (χ2n) is 3.98. The number of halogens is 2. The van der Waals surface area contributed by atoms with Crippen LogP contribution in [-0.4, -0.2) is 6.29 Å². The van der Waals surface area contributed by atoms with Crippen LogP contribution in [0, 0.1) is 17.1 Å². The summed E-state index contributed by atoms with van der Waals surface area (Å²) in [5, 5.41) is 9.09. The number of carbonyl (C=O) groups excluding carboxylic acids is 1. The number of nitrogens with zero attached hydrogens (tertiary/aromatic N) is 1. The molecule has 0 atom stereocenters. The van der Waals surface area contributed by atoms with Crippen LogP contribution in [0.4, 0.5) is 4.39 Å². The van der Waals surface area contributed by atoms with Gasteiger partial charge in [0.25, 0.3) is 0 Å². The van der Waals surface area contributed by atoms with E-state index in [1.54, 1.807) is 12.1 Å². The first-order valence-electron chi connectivity index (χ1n) is 5.70. The molecule has 0 aliphatic carbocycles. The van der Waals surface area contributed by atoms with Crippen LogP contribution >= 0.6 is 11.6 Å². The molecule has 2 rings (SSSR count). The van der Waals surface area contributed by atoms with Crippen molar-refractivity contribution in [3.63, 3.8) is 0 Å². The Morgan fingerprint density at radius 2 is 2.15 bits per heavy atom. The summed E-state index contributed by atoms with van der Waals surface area (Å²) in [6, 6.07) is 10.8. The Balaban J connectivity index is 2.21. The number of benzene rings is 2. The van der Waals surface area contributed by atoms with Crippen LogP contribution in [0.3, 0.4) is 0 Å². The molecule has 2 aromatic rings. The maximum atomic E-state index is 13.6. The average Bonchev–Trinajstić information content (AvgIpc) is 2.46. The molecule has 0 saturated carbocycles. The van der Waals surface area contributed by atoms with E-state index in [9.17, 15) is 9.18 Å². The molecule has 100 valence electrons. The molecule has 0 saturated heterocycles. The number of hydrogen-bond acceptors (Lipinski definition) is 3. The first kappa shape index (κ1) is 14.0. The molecule has 5 heteroatoms. The third kappa shape index (κ3) is 2.95. The molecule has 0 spiro atoms. The molecule has 0 aliphatic heterocycles. The van der Waals surface area contributed by atoms with Gasteiger partial charge in [-0.15, -0.1) is 0 Å². The van der Waals surface area contributed by atoms with Gasteiger partial charge in [0.15, 0.2) is 17.9 Å². The molecular weight excluding hydrogens is 281 g/mol. The Morgan fingerprint density at radius 1 is 1.35 bits per heavy atom. The third-order valence-corrected chi connectivity index (χ3v) is 3.03. The van der Waals surface area contributed by atoms with Gasteiger partial charge in [0.05, 0.1) is 17.2 Å². The lowest BCUT2D eigenvalue weighted by Gasteiger charge is -2.10. The number of rotatable bonds is 4.